The van der Waals surface area contributed by atoms with Gasteiger partial charge in [0.1, 0.15) is 0 Å². The quantitative estimate of drug-likeness (QED) is 0.762. The van der Waals surface area contributed by atoms with Crippen LogP contribution in [0, 0.1) is 0 Å². The van der Waals surface area contributed by atoms with Gasteiger partial charge in [-0.2, -0.15) is 0 Å². The normalized spacial score (nSPS) is 11.6. The highest BCUT2D eigenvalue weighted by molar-refractivity contribution is 5.78. The summed E-state index contributed by atoms with van der Waals surface area (Å²) < 4.78 is 2.21. The molecule has 2 N–H and O–H groups in total. The zero-order chi connectivity index (χ0) is 16.3. The first kappa shape index (κ1) is 15.5. The van der Waals surface area contributed by atoms with E-state index in [4.69, 9.17) is 5.73 Å². The van der Waals surface area contributed by atoms with Crippen molar-refractivity contribution in [3.63, 3.8) is 0 Å². The standard InChI is InChI=1S/C20H23N3/c1-20(2,21)13-14-23-15-22-18(16-9-5-3-6-10-16)19(23)17-11-7-4-8-12-17/h3-12,15H,13-14,21H2,1-2H3. The maximum Gasteiger partial charge on any atom is 0.0963 e. The fourth-order valence-corrected chi connectivity index (χ4v) is 2.67. The Kier molecular flexibility index (Phi) is 4.30. The van der Waals surface area contributed by atoms with Gasteiger partial charge < -0.3 is 10.3 Å². The highest BCUT2D eigenvalue weighted by atomic mass is 15.1. The molecule has 0 bridgehead atoms. The van der Waals surface area contributed by atoms with Crippen LogP contribution >= 0.6 is 0 Å². The molecule has 0 amide bonds. The monoisotopic (exact) mass is 305 g/mol. The first-order valence-electron chi connectivity index (χ1n) is 7.99. The van der Waals surface area contributed by atoms with Gasteiger partial charge in [0.15, 0.2) is 0 Å². The van der Waals surface area contributed by atoms with Gasteiger partial charge in [0.2, 0.25) is 0 Å². The second-order valence-corrected chi connectivity index (χ2v) is 6.61. The van der Waals surface area contributed by atoms with Crippen LogP contribution in [0.15, 0.2) is 67.0 Å². The molecule has 0 atom stereocenters. The molecular weight excluding hydrogens is 282 g/mol. The molecule has 2 aromatic carbocycles. The van der Waals surface area contributed by atoms with Crippen molar-refractivity contribution in [2.75, 3.05) is 0 Å². The van der Waals surface area contributed by atoms with E-state index in [1.807, 2.05) is 30.6 Å². The zero-order valence-corrected chi connectivity index (χ0v) is 13.7. The van der Waals surface area contributed by atoms with Crippen molar-refractivity contribution in [3.8, 4) is 22.5 Å². The molecule has 1 heterocycles. The van der Waals surface area contributed by atoms with E-state index in [0.717, 1.165) is 29.9 Å². The molecule has 0 aliphatic rings. The Hall–Kier alpha value is -2.39. The molecule has 0 saturated carbocycles. The molecule has 0 unspecified atom stereocenters. The molecule has 3 heteroatoms. The first-order chi connectivity index (χ1) is 11.0. The lowest BCUT2D eigenvalue weighted by Crippen LogP contribution is -2.33. The Morgan fingerprint density at radius 3 is 2.04 bits per heavy atom. The third-order valence-electron chi connectivity index (χ3n) is 3.93. The van der Waals surface area contributed by atoms with Gasteiger partial charge in [-0.15, -0.1) is 0 Å². The third-order valence-corrected chi connectivity index (χ3v) is 3.93. The second kappa shape index (κ2) is 6.39. The Balaban J connectivity index is 2.06. The fourth-order valence-electron chi connectivity index (χ4n) is 2.67. The van der Waals surface area contributed by atoms with Crippen LogP contribution < -0.4 is 5.73 Å². The molecule has 0 aliphatic carbocycles. The molecule has 0 saturated heterocycles. The van der Waals surface area contributed by atoms with E-state index in [-0.39, 0.29) is 5.54 Å². The molecule has 3 aromatic rings. The number of aromatic nitrogens is 2. The summed E-state index contributed by atoms with van der Waals surface area (Å²) in [7, 11) is 0. The van der Waals surface area contributed by atoms with Crippen molar-refractivity contribution in [1.82, 2.24) is 9.55 Å². The number of hydrogen-bond acceptors (Lipinski definition) is 2. The largest absolute Gasteiger partial charge is 0.330 e. The summed E-state index contributed by atoms with van der Waals surface area (Å²) in [5.74, 6) is 0. The molecule has 3 rings (SSSR count). The second-order valence-electron chi connectivity index (χ2n) is 6.61. The number of nitrogens with two attached hydrogens (primary N) is 1. The van der Waals surface area contributed by atoms with E-state index >= 15 is 0 Å². The van der Waals surface area contributed by atoms with Crippen LogP contribution in [-0.2, 0) is 6.54 Å². The maximum absolute atomic E-state index is 6.16. The van der Waals surface area contributed by atoms with Gasteiger partial charge in [-0.1, -0.05) is 60.7 Å². The molecule has 118 valence electrons. The summed E-state index contributed by atoms with van der Waals surface area (Å²) in [5.41, 5.74) is 10.5. The number of aryl methyl sites for hydroxylation is 1. The molecule has 0 radical (unpaired) electrons. The summed E-state index contributed by atoms with van der Waals surface area (Å²) in [6, 6.07) is 20.8. The van der Waals surface area contributed by atoms with Crippen molar-refractivity contribution in [2.24, 2.45) is 5.73 Å². The Labute approximate surface area is 137 Å². The van der Waals surface area contributed by atoms with Gasteiger partial charge in [0.25, 0.3) is 0 Å². The predicted octanol–water partition coefficient (Wildman–Crippen LogP) is 4.34. The maximum atomic E-state index is 6.16. The number of rotatable bonds is 5. The minimum atomic E-state index is -0.189. The van der Waals surface area contributed by atoms with Crippen LogP contribution in [0.3, 0.4) is 0 Å². The third kappa shape index (κ3) is 3.69. The highest BCUT2D eigenvalue weighted by Crippen LogP contribution is 2.31. The number of imidazole rings is 1. The van der Waals surface area contributed by atoms with Crippen LogP contribution in [0.2, 0.25) is 0 Å². The first-order valence-corrected chi connectivity index (χ1v) is 7.99. The van der Waals surface area contributed by atoms with Crippen molar-refractivity contribution in [2.45, 2.75) is 32.4 Å². The van der Waals surface area contributed by atoms with Crippen molar-refractivity contribution in [3.05, 3.63) is 67.0 Å². The summed E-state index contributed by atoms with van der Waals surface area (Å²) in [5, 5.41) is 0. The predicted molar refractivity (Wildman–Crippen MR) is 96.0 cm³/mol. The van der Waals surface area contributed by atoms with E-state index in [0.29, 0.717) is 0 Å². The minimum Gasteiger partial charge on any atom is -0.330 e. The summed E-state index contributed by atoms with van der Waals surface area (Å²) in [6.45, 7) is 4.97. The Morgan fingerprint density at radius 2 is 1.48 bits per heavy atom. The van der Waals surface area contributed by atoms with Crippen LogP contribution in [0.25, 0.3) is 22.5 Å². The van der Waals surface area contributed by atoms with Gasteiger partial charge in [-0.3, -0.25) is 0 Å². The SMILES string of the molecule is CC(C)(N)CCn1cnc(-c2ccccc2)c1-c1ccccc1. The van der Waals surface area contributed by atoms with Gasteiger partial charge in [0, 0.05) is 23.2 Å². The van der Waals surface area contributed by atoms with Crippen molar-refractivity contribution in [1.29, 1.82) is 0 Å². The van der Waals surface area contributed by atoms with E-state index in [1.165, 1.54) is 5.56 Å². The Bertz CT molecular complexity index is 753. The number of hydrogen-bond donors (Lipinski definition) is 1. The average molecular weight is 305 g/mol. The minimum absolute atomic E-state index is 0.189. The molecule has 3 nitrogen and oxygen atoms in total. The van der Waals surface area contributed by atoms with Gasteiger partial charge in [-0.25, -0.2) is 4.98 Å². The smallest absolute Gasteiger partial charge is 0.0963 e. The number of benzene rings is 2. The molecule has 1 aromatic heterocycles. The fraction of sp³-hybridized carbons (Fsp3) is 0.250. The topological polar surface area (TPSA) is 43.8 Å². The lowest BCUT2D eigenvalue weighted by Gasteiger charge is -2.19. The average Bonchev–Trinajstić information content (AvgIpc) is 2.98. The summed E-state index contributed by atoms with van der Waals surface area (Å²) >= 11 is 0. The molecule has 0 aliphatic heterocycles. The van der Waals surface area contributed by atoms with Crippen LogP contribution in [-0.4, -0.2) is 15.1 Å². The Morgan fingerprint density at radius 1 is 0.913 bits per heavy atom. The zero-order valence-electron chi connectivity index (χ0n) is 13.7. The van der Waals surface area contributed by atoms with E-state index in [9.17, 15) is 0 Å². The molecule has 0 fully saturated rings. The molecule has 0 spiro atoms. The highest BCUT2D eigenvalue weighted by Gasteiger charge is 2.17. The van der Waals surface area contributed by atoms with Gasteiger partial charge in [0.05, 0.1) is 17.7 Å². The van der Waals surface area contributed by atoms with Gasteiger partial charge >= 0.3 is 0 Å². The van der Waals surface area contributed by atoms with Crippen LogP contribution in [0.4, 0.5) is 0 Å². The summed E-state index contributed by atoms with van der Waals surface area (Å²) in [6.07, 6.45) is 2.83. The van der Waals surface area contributed by atoms with Crippen LogP contribution in [0.1, 0.15) is 20.3 Å². The van der Waals surface area contributed by atoms with Gasteiger partial charge in [-0.05, 0) is 20.3 Å². The van der Waals surface area contributed by atoms with Crippen molar-refractivity contribution >= 4 is 0 Å². The number of nitrogens with zero attached hydrogens (tertiary/aromatic N) is 2. The lowest BCUT2D eigenvalue weighted by molar-refractivity contribution is 0.437. The summed E-state index contributed by atoms with van der Waals surface area (Å²) in [4.78, 5) is 4.69. The van der Waals surface area contributed by atoms with E-state index in [2.05, 4.69) is 59.8 Å². The lowest BCUT2D eigenvalue weighted by atomic mass is 10.0. The van der Waals surface area contributed by atoms with Crippen LogP contribution in [0.5, 0.6) is 0 Å². The van der Waals surface area contributed by atoms with E-state index < -0.39 is 0 Å². The van der Waals surface area contributed by atoms with E-state index in [1.54, 1.807) is 0 Å². The molecule has 23 heavy (non-hydrogen) atoms. The van der Waals surface area contributed by atoms with Crippen molar-refractivity contribution < 1.29 is 0 Å². The molecular formula is C20H23N3.